The van der Waals surface area contributed by atoms with E-state index in [-0.39, 0.29) is 29.0 Å². The molecule has 3 N–H and O–H groups in total. The second-order valence-electron chi connectivity index (χ2n) is 4.07. The van der Waals surface area contributed by atoms with Crippen LogP contribution in [-0.4, -0.2) is 27.5 Å². The van der Waals surface area contributed by atoms with Crippen LogP contribution >= 0.6 is 15.9 Å². The van der Waals surface area contributed by atoms with Gasteiger partial charge in [-0.3, -0.25) is 4.79 Å². The van der Waals surface area contributed by atoms with E-state index in [1.807, 2.05) is 13.8 Å². The van der Waals surface area contributed by atoms with Crippen molar-refractivity contribution in [3.63, 3.8) is 0 Å². The summed E-state index contributed by atoms with van der Waals surface area (Å²) in [7, 11) is 0. The molecule has 0 aliphatic carbocycles. The minimum atomic E-state index is -0.390. The highest BCUT2D eigenvalue weighted by atomic mass is 79.9. The van der Waals surface area contributed by atoms with Crippen LogP contribution in [0.4, 0.5) is 0 Å². The number of halogens is 1. The average molecular weight is 302 g/mol. The molecule has 0 fully saturated rings. The Morgan fingerprint density at radius 2 is 2.06 bits per heavy atom. The lowest BCUT2D eigenvalue weighted by Crippen LogP contribution is -2.37. The zero-order valence-electron chi connectivity index (χ0n) is 9.77. The van der Waals surface area contributed by atoms with Gasteiger partial charge in [0.25, 0.3) is 5.91 Å². The van der Waals surface area contributed by atoms with E-state index in [1.165, 1.54) is 18.2 Å². The summed E-state index contributed by atoms with van der Waals surface area (Å²) in [6, 6.07) is 4.29. The quantitative estimate of drug-likeness (QED) is 0.590. The fourth-order valence-electron chi connectivity index (χ4n) is 1.27. The maximum Gasteiger partial charge on any atom is 0.255 e. The molecule has 0 aliphatic heterocycles. The summed E-state index contributed by atoms with van der Waals surface area (Å²) < 4.78 is 0. The number of rotatable bonds is 4. The largest absolute Gasteiger partial charge is 0.504 e. The zero-order valence-corrected chi connectivity index (χ0v) is 11.4. The molecule has 2 unspecified atom stereocenters. The Hall–Kier alpha value is -1.23. The summed E-state index contributed by atoms with van der Waals surface area (Å²) in [5, 5.41) is 22.4. The number of hydrogen-bond donors (Lipinski definition) is 3. The molecule has 1 aromatic carbocycles. The van der Waals surface area contributed by atoms with Gasteiger partial charge in [-0.25, -0.2) is 0 Å². The number of hydrogen-bond acceptors (Lipinski definition) is 3. The smallest absolute Gasteiger partial charge is 0.255 e. The number of phenolic OH excluding ortho intramolecular Hbond substituents is 2. The molecule has 1 rings (SSSR count). The molecule has 1 amide bonds. The van der Waals surface area contributed by atoms with Crippen molar-refractivity contribution >= 4 is 21.8 Å². The second-order valence-corrected chi connectivity index (χ2v) is 4.71. The third kappa shape index (κ3) is 3.36. The van der Waals surface area contributed by atoms with Crippen LogP contribution in [0.2, 0.25) is 0 Å². The first-order chi connectivity index (χ1) is 7.97. The van der Waals surface area contributed by atoms with Gasteiger partial charge < -0.3 is 15.5 Å². The number of para-hydroxylation sites is 1. The number of carbonyl (C=O) groups excluding carboxylic acids is 1. The minimum absolute atomic E-state index is 0.0244. The van der Waals surface area contributed by atoms with Crippen molar-refractivity contribution in [2.45, 2.75) is 19.9 Å². The highest BCUT2D eigenvalue weighted by molar-refractivity contribution is 9.09. The van der Waals surface area contributed by atoms with E-state index < -0.39 is 5.91 Å². The second kappa shape index (κ2) is 5.91. The molecule has 4 nitrogen and oxygen atoms in total. The van der Waals surface area contributed by atoms with Crippen molar-refractivity contribution in [3.05, 3.63) is 23.8 Å². The Morgan fingerprint density at radius 3 is 2.65 bits per heavy atom. The number of carbonyl (C=O) groups is 1. The first-order valence-corrected chi connectivity index (χ1v) is 6.47. The first kappa shape index (κ1) is 13.8. The first-order valence-electron chi connectivity index (χ1n) is 5.35. The molecule has 0 spiro atoms. The molecule has 5 heteroatoms. The van der Waals surface area contributed by atoms with Gasteiger partial charge in [0.15, 0.2) is 11.5 Å². The number of nitrogens with one attached hydrogen (secondary N) is 1. The zero-order chi connectivity index (χ0) is 13.0. The minimum Gasteiger partial charge on any atom is -0.504 e. The Balaban J connectivity index is 2.80. The highest BCUT2D eigenvalue weighted by Gasteiger charge is 2.18. The van der Waals surface area contributed by atoms with Gasteiger partial charge in [-0.05, 0) is 25.0 Å². The lowest BCUT2D eigenvalue weighted by molar-refractivity contribution is 0.0928. The molecule has 17 heavy (non-hydrogen) atoms. The van der Waals surface area contributed by atoms with Gasteiger partial charge >= 0.3 is 0 Å². The molecule has 0 saturated heterocycles. The Bertz CT molecular complexity index is 409. The molecule has 0 aliphatic rings. The maximum atomic E-state index is 11.9. The van der Waals surface area contributed by atoms with E-state index in [0.717, 1.165) is 5.33 Å². The number of benzene rings is 1. The van der Waals surface area contributed by atoms with E-state index in [9.17, 15) is 15.0 Å². The van der Waals surface area contributed by atoms with E-state index in [0.29, 0.717) is 0 Å². The fourth-order valence-corrected chi connectivity index (χ4v) is 1.84. The molecule has 0 aromatic heterocycles. The molecule has 0 radical (unpaired) electrons. The third-order valence-corrected chi connectivity index (χ3v) is 3.74. The fraction of sp³-hybridized carbons (Fsp3) is 0.417. The van der Waals surface area contributed by atoms with Gasteiger partial charge in [0.2, 0.25) is 0 Å². The van der Waals surface area contributed by atoms with Crippen molar-refractivity contribution in [3.8, 4) is 11.5 Å². The van der Waals surface area contributed by atoms with E-state index in [1.54, 1.807) is 0 Å². The Morgan fingerprint density at radius 1 is 1.41 bits per heavy atom. The van der Waals surface area contributed by atoms with Gasteiger partial charge in [-0.2, -0.15) is 0 Å². The van der Waals surface area contributed by atoms with Crippen molar-refractivity contribution in [1.29, 1.82) is 0 Å². The van der Waals surface area contributed by atoms with Crippen molar-refractivity contribution in [2.24, 2.45) is 5.92 Å². The molecule has 0 bridgehead atoms. The summed E-state index contributed by atoms with van der Waals surface area (Å²) >= 11 is 3.35. The lowest BCUT2D eigenvalue weighted by Gasteiger charge is -2.19. The summed E-state index contributed by atoms with van der Waals surface area (Å²) in [5.74, 6) is -0.792. The van der Waals surface area contributed by atoms with Crippen LogP contribution in [0.3, 0.4) is 0 Å². The predicted octanol–water partition coefficient (Wildman–Crippen LogP) is 2.25. The van der Waals surface area contributed by atoms with Crippen LogP contribution < -0.4 is 5.32 Å². The third-order valence-electron chi connectivity index (χ3n) is 2.72. The number of alkyl halides is 1. The normalized spacial score (nSPS) is 14.1. The lowest BCUT2D eigenvalue weighted by atomic mass is 10.1. The summed E-state index contributed by atoms with van der Waals surface area (Å²) in [5.41, 5.74) is 0.0821. The molecular weight excluding hydrogens is 286 g/mol. The van der Waals surface area contributed by atoms with Crippen LogP contribution in [0.5, 0.6) is 11.5 Å². The maximum absolute atomic E-state index is 11.9. The molecule has 0 heterocycles. The predicted molar refractivity (Wildman–Crippen MR) is 69.7 cm³/mol. The van der Waals surface area contributed by atoms with Gasteiger partial charge in [0.05, 0.1) is 5.56 Å². The monoisotopic (exact) mass is 301 g/mol. The van der Waals surface area contributed by atoms with Crippen LogP contribution in [0.1, 0.15) is 24.2 Å². The van der Waals surface area contributed by atoms with Gasteiger partial charge in [-0.1, -0.05) is 28.9 Å². The molecule has 2 atom stereocenters. The van der Waals surface area contributed by atoms with Crippen LogP contribution in [0.15, 0.2) is 18.2 Å². The number of phenols is 2. The van der Waals surface area contributed by atoms with Crippen molar-refractivity contribution < 1.29 is 15.0 Å². The Labute approximate surface area is 109 Å². The topological polar surface area (TPSA) is 69.6 Å². The van der Waals surface area contributed by atoms with Crippen LogP contribution in [-0.2, 0) is 0 Å². The van der Waals surface area contributed by atoms with Gasteiger partial charge in [0.1, 0.15) is 0 Å². The summed E-state index contributed by atoms with van der Waals surface area (Å²) in [6.45, 7) is 3.89. The molecule has 0 saturated carbocycles. The van der Waals surface area contributed by atoms with Crippen LogP contribution in [0.25, 0.3) is 0 Å². The number of amides is 1. The Kier molecular flexibility index (Phi) is 4.81. The highest BCUT2D eigenvalue weighted by Crippen LogP contribution is 2.28. The SMILES string of the molecule is CC(CBr)C(C)NC(=O)c1cccc(O)c1O. The van der Waals surface area contributed by atoms with Gasteiger partial charge in [0, 0.05) is 11.4 Å². The standard InChI is InChI=1S/C12H16BrNO3/c1-7(6-13)8(2)14-12(17)9-4-3-5-10(15)11(9)16/h3-5,7-8,15-16H,6H2,1-2H3,(H,14,17). The summed E-state index contributed by atoms with van der Waals surface area (Å²) in [4.78, 5) is 11.9. The van der Waals surface area contributed by atoms with E-state index in [2.05, 4.69) is 21.2 Å². The molecular formula is C12H16BrNO3. The number of aromatic hydroxyl groups is 2. The van der Waals surface area contributed by atoms with Crippen molar-refractivity contribution in [2.75, 3.05) is 5.33 Å². The van der Waals surface area contributed by atoms with E-state index >= 15 is 0 Å². The van der Waals surface area contributed by atoms with Crippen molar-refractivity contribution in [1.82, 2.24) is 5.32 Å². The van der Waals surface area contributed by atoms with E-state index in [4.69, 9.17) is 0 Å². The molecule has 94 valence electrons. The van der Waals surface area contributed by atoms with Crippen LogP contribution in [0, 0.1) is 5.92 Å². The molecule has 1 aromatic rings. The van der Waals surface area contributed by atoms with Gasteiger partial charge in [-0.15, -0.1) is 0 Å². The summed E-state index contributed by atoms with van der Waals surface area (Å²) in [6.07, 6.45) is 0. The average Bonchev–Trinajstić information content (AvgIpc) is 2.31.